The molecule has 4 rings (SSSR count). The highest BCUT2D eigenvalue weighted by Gasteiger charge is 2.30. The Morgan fingerprint density at radius 1 is 1.40 bits per heavy atom. The summed E-state index contributed by atoms with van der Waals surface area (Å²) in [6.07, 6.45) is 6.13. The van der Waals surface area contributed by atoms with Gasteiger partial charge in [0.25, 0.3) is 0 Å². The Kier molecular flexibility index (Phi) is 4.34. The fourth-order valence-electron chi connectivity index (χ4n) is 3.31. The first-order valence-corrected chi connectivity index (χ1v) is 10.1. The van der Waals surface area contributed by atoms with Crippen molar-refractivity contribution in [1.82, 2.24) is 29.3 Å². The molecule has 0 amide bonds. The molecular weight excluding hydrogens is 344 g/mol. The van der Waals surface area contributed by atoms with Crippen LogP contribution in [0.4, 0.5) is 0 Å². The fraction of sp³-hybridized carbons (Fsp3) is 0.667. The van der Waals surface area contributed by atoms with Crippen molar-refractivity contribution in [2.75, 3.05) is 13.2 Å². The molecule has 0 saturated carbocycles. The van der Waals surface area contributed by atoms with Crippen molar-refractivity contribution in [2.24, 2.45) is 0 Å². The maximum atomic E-state index is 12.8. The van der Waals surface area contributed by atoms with Crippen molar-refractivity contribution in [3.05, 3.63) is 24.0 Å². The molecule has 0 aliphatic carbocycles. The lowest BCUT2D eigenvalue weighted by Gasteiger charge is -2.22. The van der Waals surface area contributed by atoms with Gasteiger partial charge in [-0.2, -0.15) is 10.2 Å². The molecule has 2 atom stereocenters. The van der Waals surface area contributed by atoms with Crippen LogP contribution in [0.5, 0.6) is 0 Å². The fourth-order valence-corrected chi connectivity index (χ4v) is 4.47. The molecule has 0 bridgehead atoms. The molecule has 2 aromatic heterocycles. The lowest BCUT2D eigenvalue weighted by atomic mass is 10.1. The highest BCUT2D eigenvalue weighted by Crippen LogP contribution is 2.26. The molecule has 0 aromatic carbocycles. The Balaban J connectivity index is 1.55. The minimum atomic E-state index is -3.66. The summed E-state index contributed by atoms with van der Waals surface area (Å²) in [6, 6.07) is -0.251. The Labute approximate surface area is 146 Å². The minimum Gasteiger partial charge on any atom is -0.379 e. The van der Waals surface area contributed by atoms with Crippen LogP contribution in [0.15, 0.2) is 17.3 Å². The minimum absolute atomic E-state index is 0.105. The van der Waals surface area contributed by atoms with E-state index in [9.17, 15) is 8.42 Å². The summed E-state index contributed by atoms with van der Waals surface area (Å²) in [6.45, 7) is 4.02. The third kappa shape index (κ3) is 3.21. The van der Waals surface area contributed by atoms with Crippen molar-refractivity contribution in [2.45, 2.75) is 56.1 Å². The summed E-state index contributed by atoms with van der Waals surface area (Å²) in [4.78, 5) is 4.66. The molecule has 136 valence electrons. The second-order valence-corrected chi connectivity index (χ2v) is 8.17. The molecule has 1 saturated heterocycles. The maximum absolute atomic E-state index is 12.8. The van der Waals surface area contributed by atoms with E-state index < -0.39 is 10.0 Å². The van der Waals surface area contributed by atoms with Crippen LogP contribution in [0.3, 0.4) is 0 Å². The molecule has 25 heavy (non-hydrogen) atoms. The Bertz CT molecular complexity index is 852. The van der Waals surface area contributed by atoms with Crippen LogP contribution in [0, 0.1) is 0 Å². The number of aryl methyl sites for hydroxylation is 2. The van der Waals surface area contributed by atoms with Gasteiger partial charge in [0.15, 0.2) is 5.82 Å². The van der Waals surface area contributed by atoms with Crippen molar-refractivity contribution < 1.29 is 13.2 Å². The number of fused-ring (bicyclic) bond motifs is 1. The van der Waals surface area contributed by atoms with E-state index in [2.05, 4.69) is 19.9 Å². The van der Waals surface area contributed by atoms with Crippen LogP contribution >= 0.6 is 0 Å². The number of nitrogens with zero attached hydrogens (tertiary/aromatic N) is 5. The van der Waals surface area contributed by atoms with Gasteiger partial charge in [0.1, 0.15) is 10.7 Å². The van der Waals surface area contributed by atoms with Gasteiger partial charge in [-0.05, 0) is 19.3 Å². The topological polar surface area (TPSA) is 104 Å². The lowest BCUT2D eigenvalue weighted by Crippen LogP contribution is -2.33. The van der Waals surface area contributed by atoms with Gasteiger partial charge in [-0.15, -0.1) is 0 Å². The van der Waals surface area contributed by atoms with Crippen LogP contribution < -0.4 is 4.72 Å². The van der Waals surface area contributed by atoms with Crippen LogP contribution in [-0.2, 0) is 27.7 Å². The third-order valence-corrected chi connectivity index (χ3v) is 6.13. The van der Waals surface area contributed by atoms with E-state index in [1.165, 1.54) is 6.20 Å². The molecule has 10 heteroatoms. The zero-order valence-corrected chi connectivity index (χ0v) is 14.9. The highest BCUT2D eigenvalue weighted by atomic mass is 32.2. The summed E-state index contributed by atoms with van der Waals surface area (Å²) in [5.74, 6) is 1.44. The smallest absolute Gasteiger partial charge is 0.244 e. The Morgan fingerprint density at radius 3 is 3.04 bits per heavy atom. The highest BCUT2D eigenvalue weighted by molar-refractivity contribution is 7.89. The summed E-state index contributed by atoms with van der Waals surface area (Å²) in [7, 11) is -3.66. The summed E-state index contributed by atoms with van der Waals surface area (Å²) < 4.78 is 37.1. The molecular formula is C15H22N6O3S. The number of hydrogen-bond acceptors (Lipinski definition) is 6. The number of hydrogen-bond donors (Lipinski definition) is 1. The number of rotatable bonds is 5. The predicted octanol–water partition coefficient (Wildman–Crippen LogP) is 0.812. The van der Waals surface area contributed by atoms with Crippen molar-refractivity contribution in [3.63, 3.8) is 0 Å². The molecule has 0 unspecified atom stereocenters. The first-order chi connectivity index (χ1) is 12.1. The third-order valence-electron chi connectivity index (χ3n) is 4.70. The standard InChI is InChI=1S/C15H22N6O3S/c1-2-14-17-15-13(4-3-6-20(15)18-14)19-25(22,23)12-8-16-21(9-12)11-5-7-24-10-11/h8-9,11,13,19H,2-7,10H2,1H3/t11-,13-/m0/s1. The van der Waals surface area contributed by atoms with Gasteiger partial charge in [0.2, 0.25) is 10.0 Å². The number of aromatic nitrogens is 5. The molecule has 1 fully saturated rings. The summed E-state index contributed by atoms with van der Waals surface area (Å²) in [5.41, 5.74) is 0. The van der Waals surface area contributed by atoms with E-state index in [0.29, 0.717) is 25.5 Å². The molecule has 9 nitrogen and oxygen atoms in total. The average Bonchev–Trinajstić information content (AvgIpc) is 3.33. The molecule has 0 spiro atoms. The SMILES string of the molecule is CCc1nc2n(n1)CCC[C@@H]2NS(=O)(=O)c1cnn([C@H]2CCOC2)c1. The van der Waals surface area contributed by atoms with Gasteiger partial charge in [-0.1, -0.05) is 6.92 Å². The Hall–Kier alpha value is -1.78. The molecule has 2 aliphatic rings. The van der Waals surface area contributed by atoms with Gasteiger partial charge in [-0.3, -0.25) is 4.68 Å². The monoisotopic (exact) mass is 366 g/mol. The van der Waals surface area contributed by atoms with Crippen LogP contribution in [0.2, 0.25) is 0 Å². The second-order valence-electron chi connectivity index (χ2n) is 6.45. The first kappa shape index (κ1) is 16.7. The molecule has 4 heterocycles. The Morgan fingerprint density at radius 2 is 2.28 bits per heavy atom. The zero-order valence-electron chi connectivity index (χ0n) is 14.1. The largest absolute Gasteiger partial charge is 0.379 e. The predicted molar refractivity (Wildman–Crippen MR) is 88.4 cm³/mol. The molecule has 1 N–H and O–H groups in total. The van der Waals surface area contributed by atoms with E-state index in [4.69, 9.17) is 4.74 Å². The van der Waals surface area contributed by atoms with Crippen molar-refractivity contribution in [3.8, 4) is 0 Å². The van der Waals surface area contributed by atoms with Gasteiger partial charge >= 0.3 is 0 Å². The first-order valence-electron chi connectivity index (χ1n) is 8.64. The van der Waals surface area contributed by atoms with Crippen LogP contribution in [-0.4, -0.2) is 46.2 Å². The number of ether oxygens (including phenoxy) is 1. The van der Waals surface area contributed by atoms with E-state index in [1.54, 1.807) is 10.9 Å². The van der Waals surface area contributed by atoms with Crippen molar-refractivity contribution in [1.29, 1.82) is 0 Å². The van der Waals surface area contributed by atoms with Gasteiger partial charge in [-0.25, -0.2) is 22.8 Å². The zero-order chi connectivity index (χ0) is 17.4. The van der Waals surface area contributed by atoms with E-state index in [1.807, 2.05) is 11.6 Å². The van der Waals surface area contributed by atoms with Crippen LogP contribution in [0.25, 0.3) is 0 Å². The molecule has 2 aliphatic heterocycles. The maximum Gasteiger partial charge on any atom is 0.244 e. The summed E-state index contributed by atoms with van der Waals surface area (Å²) >= 11 is 0. The van der Waals surface area contributed by atoms with Crippen molar-refractivity contribution >= 4 is 10.0 Å². The number of sulfonamides is 1. The average molecular weight is 366 g/mol. The van der Waals surface area contributed by atoms with Gasteiger partial charge < -0.3 is 4.74 Å². The van der Waals surface area contributed by atoms with Gasteiger partial charge in [0, 0.05) is 25.8 Å². The quantitative estimate of drug-likeness (QED) is 0.840. The van der Waals surface area contributed by atoms with E-state index in [-0.39, 0.29) is 17.0 Å². The van der Waals surface area contributed by atoms with E-state index >= 15 is 0 Å². The number of nitrogens with one attached hydrogen (secondary N) is 1. The normalized spacial score (nSPS) is 23.7. The van der Waals surface area contributed by atoms with Crippen LogP contribution in [0.1, 0.15) is 49.9 Å². The lowest BCUT2D eigenvalue weighted by molar-refractivity contribution is 0.184. The summed E-state index contributed by atoms with van der Waals surface area (Å²) in [5, 5.41) is 8.62. The molecule has 2 aromatic rings. The van der Waals surface area contributed by atoms with E-state index in [0.717, 1.165) is 31.6 Å². The second kappa shape index (κ2) is 6.50. The van der Waals surface area contributed by atoms with Gasteiger partial charge in [0.05, 0.1) is 24.9 Å². The molecule has 0 radical (unpaired) electrons.